The summed E-state index contributed by atoms with van der Waals surface area (Å²) in [5.74, 6) is -1.05. The molecule has 1 aromatic carbocycles. The molecular weight excluding hydrogens is 306 g/mol. The van der Waals surface area contributed by atoms with Crippen molar-refractivity contribution in [1.29, 1.82) is 0 Å². The summed E-state index contributed by atoms with van der Waals surface area (Å²) >= 11 is 5.99. The predicted octanol–water partition coefficient (Wildman–Crippen LogP) is 0.738. The molecule has 2 rings (SSSR count). The number of amides is 1. The van der Waals surface area contributed by atoms with Crippen molar-refractivity contribution in [1.82, 2.24) is 9.97 Å². The molecule has 114 valence electrons. The fourth-order valence-electron chi connectivity index (χ4n) is 1.65. The molecule has 7 N–H and O–H groups in total. The molecule has 0 atom stereocenters. The van der Waals surface area contributed by atoms with E-state index in [2.05, 4.69) is 20.3 Å². The molecule has 0 bridgehead atoms. The lowest BCUT2D eigenvalue weighted by Gasteiger charge is -2.09. The Balaban J connectivity index is 2.19. The van der Waals surface area contributed by atoms with E-state index in [1.165, 1.54) is 0 Å². The molecule has 0 saturated heterocycles. The molecule has 0 aliphatic carbocycles. The molecule has 0 radical (unpaired) electrons. The van der Waals surface area contributed by atoms with Gasteiger partial charge in [0.05, 0.1) is 0 Å². The number of carbonyl (C=O) groups is 1. The van der Waals surface area contributed by atoms with Gasteiger partial charge in [0, 0.05) is 6.54 Å². The van der Waals surface area contributed by atoms with Crippen LogP contribution in [0.1, 0.15) is 16.1 Å². The lowest BCUT2D eigenvalue weighted by atomic mass is 10.2. The van der Waals surface area contributed by atoms with Gasteiger partial charge in [-0.05, 0) is 5.56 Å². The van der Waals surface area contributed by atoms with Crippen molar-refractivity contribution in [2.24, 2.45) is 16.5 Å². The number of carbonyl (C=O) groups excluding carboxylic acids is 1. The first-order valence-corrected chi connectivity index (χ1v) is 6.60. The number of guanidine groups is 1. The summed E-state index contributed by atoms with van der Waals surface area (Å²) in [6.07, 6.45) is 0. The Bertz CT molecular complexity index is 714. The highest BCUT2D eigenvalue weighted by Gasteiger charge is 2.16. The Kier molecular flexibility index (Phi) is 4.74. The third kappa shape index (κ3) is 3.83. The zero-order valence-electron chi connectivity index (χ0n) is 11.5. The number of benzene rings is 1. The Morgan fingerprint density at radius 3 is 2.55 bits per heavy atom. The van der Waals surface area contributed by atoms with Gasteiger partial charge in [-0.2, -0.15) is 4.99 Å². The number of anilines is 2. The van der Waals surface area contributed by atoms with Gasteiger partial charge in [0.25, 0.3) is 0 Å². The zero-order chi connectivity index (χ0) is 16.1. The number of nitrogens with zero attached hydrogens (tertiary/aromatic N) is 3. The Morgan fingerprint density at radius 1 is 1.23 bits per heavy atom. The van der Waals surface area contributed by atoms with E-state index in [0.717, 1.165) is 5.56 Å². The smallest absolute Gasteiger partial charge is 0.302 e. The maximum Gasteiger partial charge on any atom is 0.302 e. The first-order valence-electron chi connectivity index (χ1n) is 6.22. The van der Waals surface area contributed by atoms with Gasteiger partial charge >= 0.3 is 5.91 Å². The maximum absolute atomic E-state index is 11.7. The van der Waals surface area contributed by atoms with Crippen molar-refractivity contribution in [3.8, 4) is 0 Å². The van der Waals surface area contributed by atoms with E-state index in [0.29, 0.717) is 6.54 Å². The molecule has 0 aliphatic heterocycles. The van der Waals surface area contributed by atoms with E-state index in [1.54, 1.807) is 0 Å². The summed E-state index contributed by atoms with van der Waals surface area (Å²) in [7, 11) is 0. The van der Waals surface area contributed by atoms with E-state index in [1.807, 2.05) is 30.3 Å². The van der Waals surface area contributed by atoms with E-state index in [4.69, 9.17) is 28.8 Å². The minimum atomic E-state index is -0.804. The van der Waals surface area contributed by atoms with E-state index >= 15 is 0 Å². The van der Waals surface area contributed by atoms with Crippen LogP contribution in [-0.2, 0) is 6.54 Å². The van der Waals surface area contributed by atoms with Crippen LogP contribution in [0, 0.1) is 0 Å². The molecule has 0 fully saturated rings. The molecule has 0 saturated carbocycles. The number of nitrogen functional groups attached to an aromatic ring is 1. The molecule has 1 aromatic heterocycles. The van der Waals surface area contributed by atoms with Gasteiger partial charge in [0.15, 0.2) is 28.4 Å². The van der Waals surface area contributed by atoms with Gasteiger partial charge in [-0.3, -0.25) is 4.79 Å². The number of nitrogens with one attached hydrogen (secondary N) is 1. The highest BCUT2D eigenvalue weighted by Crippen LogP contribution is 2.21. The third-order valence-electron chi connectivity index (χ3n) is 2.62. The Labute approximate surface area is 131 Å². The van der Waals surface area contributed by atoms with Crippen LogP contribution in [0.25, 0.3) is 0 Å². The number of hydrogen-bond acceptors (Lipinski definition) is 5. The summed E-state index contributed by atoms with van der Waals surface area (Å²) in [5, 5.41) is 2.99. The second-order valence-corrected chi connectivity index (χ2v) is 4.64. The van der Waals surface area contributed by atoms with Crippen LogP contribution in [0.3, 0.4) is 0 Å². The zero-order valence-corrected chi connectivity index (χ0v) is 12.2. The summed E-state index contributed by atoms with van der Waals surface area (Å²) in [6, 6.07) is 9.62. The number of rotatable bonds is 4. The van der Waals surface area contributed by atoms with Gasteiger partial charge < -0.3 is 22.5 Å². The summed E-state index contributed by atoms with van der Waals surface area (Å²) < 4.78 is 0. The first kappa shape index (κ1) is 15.5. The molecule has 1 heterocycles. The monoisotopic (exact) mass is 319 g/mol. The lowest BCUT2D eigenvalue weighted by molar-refractivity contribution is 0.0998. The fraction of sp³-hybridized carbons (Fsp3) is 0.0769. The molecule has 9 heteroatoms. The van der Waals surface area contributed by atoms with Gasteiger partial charge in [-0.15, -0.1) is 0 Å². The third-order valence-corrected chi connectivity index (χ3v) is 2.88. The average molecular weight is 320 g/mol. The standard InChI is InChI=1S/C13H14ClN7O/c14-9-11(18-6-7-4-2-1-3-5-7)20-10(15)8(19-9)12(22)21-13(16)17/h1-5H,6H2,(H3,15,18,20)(H4,16,17,21,22). The second-order valence-electron chi connectivity index (χ2n) is 4.28. The van der Waals surface area contributed by atoms with Gasteiger partial charge in [-0.25, -0.2) is 9.97 Å². The number of hydrogen-bond donors (Lipinski definition) is 4. The normalized spacial score (nSPS) is 10.0. The van der Waals surface area contributed by atoms with Crippen molar-refractivity contribution in [2.45, 2.75) is 6.54 Å². The van der Waals surface area contributed by atoms with Crippen LogP contribution in [-0.4, -0.2) is 21.8 Å². The van der Waals surface area contributed by atoms with Crippen LogP contribution in [0.5, 0.6) is 0 Å². The quantitative estimate of drug-likeness (QED) is 0.480. The number of halogens is 1. The minimum Gasteiger partial charge on any atom is -0.382 e. The van der Waals surface area contributed by atoms with Crippen LogP contribution < -0.4 is 22.5 Å². The molecular formula is C13H14ClN7O. The van der Waals surface area contributed by atoms with E-state index < -0.39 is 11.9 Å². The molecule has 1 amide bonds. The second kappa shape index (κ2) is 6.72. The van der Waals surface area contributed by atoms with Crippen molar-refractivity contribution in [3.05, 3.63) is 46.7 Å². The van der Waals surface area contributed by atoms with Crippen LogP contribution in [0.15, 0.2) is 35.3 Å². The van der Waals surface area contributed by atoms with Crippen molar-refractivity contribution in [3.63, 3.8) is 0 Å². The average Bonchev–Trinajstić information content (AvgIpc) is 2.48. The van der Waals surface area contributed by atoms with Gasteiger partial charge in [0.2, 0.25) is 0 Å². The molecule has 2 aromatic rings. The van der Waals surface area contributed by atoms with Crippen LogP contribution in [0.2, 0.25) is 5.15 Å². The van der Waals surface area contributed by atoms with E-state index in [-0.39, 0.29) is 22.5 Å². The molecule has 22 heavy (non-hydrogen) atoms. The van der Waals surface area contributed by atoms with Gasteiger partial charge in [0.1, 0.15) is 0 Å². The van der Waals surface area contributed by atoms with Crippen LogP contribution in [0.4, 0.5) is 11.6 Å². The molecule has 0 aliphatic rings. The minimum absolute atomic E-state index is 0.000672. The summed E-state index contributed by atoms with van der Waals surface area (Å²) in [4.78, 5) is 23.0. The number of nitrogens with two attached hydrogens (primary N) is 3. The Morgan fingerprint density at radius 2 is 1.91 bits per heavy atom. The predicted molar refractivity (Wildman–Crippen MR) is 85.4 cm³/mol. The number of aliphatic imine (C=N–C) groups is 1. The highest BCUT2D eigenvalue weighted by molar-refractivity contribution is 6.32. The van der Waals surface area contributed by atoms with Crippen molar-refractivity contribution < 1.29 is 4.79 Å². The van der Waals surface area contributed by atoms with E-state index in [9.17, 15) is 4.79 Å². The number of aromatic nitrogens is 2. The van der Waals surface area contributed by atoms with Crippen molar-refractivity contribution in [2.75, 3.05) is 11.1 Å². The molecule has 8 nitrogen and oxygen atoms in total. The summed E-state index contributed by atoms with van der Waals surface area (Å²) in [5.41, 5.74) is 16.8. The summed E-state index contributed by atoms with van der Waals surface area (Å²) in [6.45, 7) is 0.482. The van der Waals surface area contributed by atoms with Crippen LogP contribution >= 0.6 is 11.6 Å². The Hall–Kier alpha value is -2.87. The van der Waals surface area contributed by atoms with Crippen molar-refractivity contribution >= 4 is 35.1 Å². The largest absolute Gasteiger partial charge is 0.382 e. The SMILES string of the molecule is NC(N)=NC(=O)c1nc(Cl)c(NCc2ccccc2)nc1N. The topological polar surface area (TPSA) is 145 Å². The lowest BCUT2D eigenvalue weighted by Crippen LogP contribution is -2.24. The molecule has 0 unspecified atom stereocenters. The maximum atomic E-state index is 11.7. The van der Waals surface area contributed by atoms with Gasteiger partial charge in [-0.1, -0.05) is 41.9 Å². The highest BCUT2D eigenvalue weighted by atomic mass is 35.5. The fourth-order valence-corrected chi connectivity index (χ4v) is 1.84. The molecule has 0 spiro atoms. The first-order chi connectivity index (χ1) is 10.5.